The van der Waals surface area contributed by atoms with E-state index in [1.54, 1.807) is 37.6 Å². The standard InChI is InChI=1S/C18H14FNO2/c1-22-17-5-3-2-4-16(17)20-12-14(8-11-18(20)21)13-6-9-15(19)10-7-13/h2-12H,1H3. The molecule has 110 valence electrons. The molecule has 1 heterocycles. The Morgan fingerprint density at radius 3 is 2.32 bits per heavy atom. The number of benzene rings is 2. The van der Waals surface area contributed by atoms with E-state index in [-0.39, 0.29) is 11.4 Å². The lowest BCUT2D eigenvalue weighted by Gasteiger charge is -2.12. The molecule has 0 aliphatic rings. The van der Waals surface area contributed by atoms with E-state index in [2.05, 4.69) is 0 Å². The number of pyridine rings is 1. The van der Waals surface area contributed by atoms with Gasteiger partial charge in [0.25, 0.3) is 5.56 Å². The van der Waals surface area contributed by atoms with Crippen molar-refractivity contribution in [3.63, 3.8) is 0 Å². The van der Waals surface area contributed by atoms with Crippen LogP contribution >= 0.6 is 0 Å². The highest BCUT2D eigenvalue weighted by atomic mass is 19.1. The SMILES string of the molecule is COc1ccccc1-n1cc(-c2ccc(F)cc2)ccc1=O. The maximum atomic E-state index is 13.0. The third-order valence-electron chi connectivity index (χ3n) is 3.43. The number of ether oxygens (including phenoxy) is 1. The second-order valence-electron chi connectivity index (χ2n) is 4.80. The van der Waals surface area contributed by atoms with Gasteiger partial charge in [0.15, 0.2) is 0 Å². The van der Waals surface area contributed by atoms with Crippen LogP contribution in [-0.2, 0) is 0 Å². The zero-order valence-corrected chi connectivity index (χ0v) is 12.0. The van der Waals surface area contributed by atoms with E-state index in [1.807, 2.05) is 18.2 Å². The van der Waals surface area contributed by atoms with Crippen LogP contribution in [0.4, 0.5) is 4.39 Å². The fourth-order valence-electron chi connectivity index (χ4n) is 2.32. The van der Waals surface area contributed by atoms with Crippen molar-refractivity contribution in [1.82, 2.24) is 4.57 Å². The van der Waals surface area contributed by atoms with Gasteiger partial charge >= 0.3 is 0 Å². The maximum absolute atomic E-state index is 13.0. The molecule has 0 amide bonds. The summed E-state index contributed by atoms with van der Waals surface area (Å²) in [7, 11) is 1.56. The van der Waals surface area contributed by atoms with E-state index < -0.39 is 0 Å². The van der Waals surface area contributed by atoms with E-state index in [4.69, 9.17) is 4.74 Å². The monoisotopic (exact) mass is 295 g/mol. The van der Waals surface area contributed by atoms with E-state index in [0.29, 0.717) is 11.4 Å². The van der Waals surface area contributed by atoms with Gasteiger partial charge in [-0.05, 0) is 41.5 Å². The molecule has 0 saturated heterocycles. The molecule has 0 saturated carbocycles. The van der Waals surface area contributed by atoms with Gasteiger partial charge in [-0.25, -0.2) is 4.39 Å². The second-order valence-corrected chi connectivity index (χ2v) is 4.80. The zero-order valence-electron chi connectivity index (χ0n) is 12.0. The Morgan fingerprint density at radius 1 is 0.909 bits per heavy atom. The summed E-state index contributed by atoms with van der Waals surface area (Å²) in [5.74, 6) is 0.322. The van der Waals surface area contributed by atoms with E-state index in [0.717, 1.165) is 11.1 Å². The predicted octanol–water partition coefficient (Wildman–Crippen LogP) is 3.65. The summed E-state index contributed by atoms with van der Waals surface area (Å²) < 4.78 is 19.9. The number of hydrogen-bond donors (Lipinski definition) is 0. The van der Waals surface area contributed by atoms with Gasteiger partial charge in [-0.3, -0.25) is 9.36 Å². The lowest BCUT2D eigenvalue weighted by molar-refractivity contribution is 0.412. The van der Waals surface area contributed by atoms with E-state index in [1.165, 1.54) is 22.8 Å². The van der Waals surface area contributed by atoms with Gasteiger partial charge in [0.05, 0.1) is 12.8 Å². The molecule has 0 radical (unpaired) electrons. The molecule has 0 spiro atoms. The predicted molar refractivity (Wildman–Crippen MR) is 84.0 cm³/mol. The summed E-state index contributed by atoms with van der Waals surface area (Å²) in [4.78, 5) is 12.2. The highest BCUT2D eigenvalue weighted by Crippen LogP contribution is 2.23. The topological polar surface area (TPSA) is 31.2 Å². The molecule has 3 rings (SSSR count). The quantitative estimate of drug-likeness (QED) is 0.738. The van der Waals surface area contributed by atoms with Gasteiger partial charge in [-0.2, -0.15) is 0 Å². The smallest absolute Gasteiger partial charge is 0.255 e. The number of hydrogen-bond acceptors (Lipinski definition) is 2. The fraction of sp³-hybridized carbons (Fsp3) is 0.0556. The molecular weight excluding hydrogens is 281 g/mol. The van der Waals surface area contributed by atoms with E-state index in [9.17, 15) is 9.18 Å². The molecule has 0 aliphatic heterocycles. The number of methoxy groups -OCH3 is 1. The summed E-state index contributed by atoms with van der Waals surface area (Å²) >= 11 is 0. The highest BCUT2D eigenvalue weighted by molar-refractivity contribution is 5.63. The Kier molecular flexibility index (Phi) is 3.74. The fourth-order valence-corrected chi connectivity index (χ4v) is 2.32. The number of para-hydroxylation sites is 2. The minimum Gasteiger partial charge on any atom is -0.495 e. The van der Waals surface area contributed by atoms with Crippen molar-refractivity contribution in [2.75, 3.05) is 7.11 Å². The van der Waals surface area contributed by atoms with Crippen LogP contribution in [0.25, 0.3) is 16.8 Å². The molecule has 0 N–H and O–H groups in total. The van der Waals surface area contributed by atoms with Gasteiger partial charge < -0.3 is 4.74 Å². The van der Waals surface area contributed by atoms with Gasteiger partial charge in [-0.1, -0.05) is 24.3 Å². The Balaban J connectivity index is 2.15. The first-order chi connectivity index (χ1) is 10.7. The van der Waals surface area contributed by atoms with Crippen molar-refractivity contribution in [3.8, 4) is 22.6 Å². The molecule has 2 aromatic carbocycles. The van der Waals surface area contributed by atoms with Crippen molar-refractivity contribution in [2.24, 2.45) is 0 Å². The first-order valence-electron chi connectivity index (χ1n) is 6.81. The molecule has 0 aliphatic carbocycles. The van der Waals surface area contributed by atoms with Crippen molar-refractivity contribution in [1.29, 1.82) is 0 Å². The summed E-state index contributed by atoms with van der Waals surface area (Å²) in [6, 6.07) is 16.7. The van der Waals surface area contributed by atoms with Crippen LogP contribution in [0, 0.1) is 5.82 Å². The van der Waals surface area contributed by atoms with Crippen LogP contribution in [0.1, 0.15) is 0 Å². The van der Waals surface area contributed by atoms with Crippen LogP contribution < -0.4 is 10.3 Å². The van der Waals surface area contributed by atoms with E-state index >= 15 is 0 Å². The lowest BCUT2D eigenvalue weighted by Crippen LogP contribution is -2.17. The number of nitrogens with zero attached hydrogens (tertiary/aromatic N) is 1. The molecule has 0 bridgehead atoms. The first kappa shape index (κ1) is 14.1. The lowest BCUT2D eigenvalue weighted by atomic mass is 10.1. The molecule has 0 atom stereocenters. The van der Waals surface area contributed by atoms with Gasteiger partial charge in [0.1, 0.15) is 11.6 Å². The number of aromatic nitrogens is 1. The number of rotatable bonds is 3. The van der Waals surface area contributed by atoms with Gasteiger partial charge in [0.2, 0.25) is 0 Å². The van der Waals surface area contributed by atoms with Crippen LogP contribution in [-0.4, -0.2) is 11.7 Å². The zero-order chi connectivity index (χ0) is 15.5. The van der Waals surface area contributed by atoms with Crippen molar-refractivity contribution >= 4 is 0 Å². The Morgan fingerprint density at radius 2 is 1.59 bits per heavy atom. The summed E-state index contributed by atoms with van der Waals surface area (Å²) in [5, 5.41) is 0. The third kappa shape index (κ3) is 2.63. The average molecular weight is 295 g/mol. The van der Waals surface area contributed by atoms with Crippen molar-refractivity contribution < 1.29 is 9.13 Å². The Bertz CT molecular complexity index is 853. The second kappa shape index (κ2) is 5.85. The molecule has 0 fully saturated rings. The van der Waals surface area contributed by atoms with Crippen molar-refractivity contribution in [2.45, 2.75) is 0 Å². The van der Waals surface area contributed by atoms with Gasteiger partial charge in [0, 0.05) is 12.3 Å². The summed E-state index contributed by atoms with van der Waals surface area (Å²) in [5.41, 5.74) is 2.17. The highest BCUT2D eigenvalue weighted by Gasteiger charge is 2.08. The van der Waals surface area contributed by atoms with Crippen molar-refractivity contribution in [3.05, 3.63) is 83.0 Å². The van der Waals surface area contributed by atoms with Gasteiger partial charge in [-0.15, -0.1) is 0 Å². The maximum Gasteiger partial charge on any atom is 0.255 e. The van der Waals surface area contributed by atoms with Crippen LogP contribution in [0.5, 0.6) is 5.75 Å². The molecule has 3 aromatic rings. The Labute approximate surface area is 127 Å². The normalized spacial score (nSPS) is 10.5. The van der Waals surface area contributed by atoms with Crippen LogP contribution in [0.2, 0.25) is 0 Å². The first-order valence-corrected chi connectivity index (χ1v) is 6.81. The minimum absolute atomic E-state index is 0.157. The molecule has 1 aromatic heterocycles. The molecule has 22 heavy (non-hydrogen) atoms. The Hall–Kier alpha value is -2.88. The minimum atomic E-state index is -0.290. The summed E-state index contributed by atoms with van der Waals surface area (Å²) in [6.07, 6.45) is 1.73. The average Bonchev–Trinajstić information content (AvgIpc) is 2.56. The number of halogens is 1. The summed E-state index contributed by atoms with van der Waals surface area (Å²) in [6.45, 7) is 0. The third-order valence-corrected chi connectivity index (χ3v) is 3.43. The molecule has 3 nitrogen and oxygen atoms in total. The van der Waals surface area contributed by atoms with Crippen LogP contribution in [0.15, 0.2) is 71.7 Å². The molecule has 4 heteroatoms. The molecular formula is C18H14FNO2. The largest absolute Gasteiger partial charge is 0.495 e. The molecule has 0 unspecified atom stereocenters. The van der Waals surface area contributed by atoms with Crippen LogP contribution in [0.3, 0.4) is 0 Å².